The third-order valence-corrected chi connectivity index (χ3v) is 3.82. The molecule has 0 aliphatic carbocycles. The SMILES string of the molecule is COc1ccccc1OCCN1CCCC1CC(C)O. The standard InChI is InChI=1S/C16H25NO3/c1-13(18)12-14-6-5-9-17(14)10-11-20-16-8-4-3-7-15(16)19-2/h3-4,7-8,13-14,18H,5-6,9-12H2,1-2H3. The highest BCUT2D eigenvalue weighted by molar-refractivity contribution is 5.39. The summed E-state index contributed by atoms with van der Waals surface area (Å²) in [6.45, 7) is 4.51. The Labute approximate surface area is 121 Å². The zero-order valence-electron chi connectivity index (χ0n) is 12.4. The average molecular weight is 279 g/mol. The van der Waals surface area contributed by atoms with Gasteiger partial charge in [-0.15, -0.1) is 0 Å². The van der Waals surface area contributed by atoms with Gasteiger partial charge in [-0.05, 0) is 44.9 Å². The molecule has 1 aromatic carbocycles. The molecule has 0 spiro atoms. The molecule has 0 radical (unpaired) electrons. The summed E-state index contributed by atoms with van der Waals surface area (Å²) < 4.78 is 11.1. The second-order valence-corrected chi connectivity index (χ2v) is 5.42. The van der Waals surface area contributed by atoms with Gasteiger partial charge in [-0.3, -0.25) is 4.90 Å². The molecule has 1 fully saturated rings. The predicted octanol–water partition coefficient (Wildman–Crippen LogP) is 2.31. The average Bonchev–Trinajstić information content (AvgIpc) is 2.86. The van der Waals surface area contributed by atoms with Crippen LogP contribution in [-0.2, 0) is 0 Å². The molecule has 4 nitrogen and oxygen atoms in total. The Morgan fingerprint density at radius 2 is 2.10 bits per heavy atom. The van der Waals surface area contributed by atoms with E-state index in [1.807, 2.05) is 31.2 Å². The zero-order valence-corrected chi connectivity index (χ0v) is 12.4. The van der Waals surface area contributed by atoms with Crippen LogP contribution in [0.4, 0.5) is 0 Å². The summed E-state index contributed by atoms with van der Waals surface area (Å²) >= 11 is 0. The van der Waals surface area contributed by atoms with Gasteiger partial charge < -0.3 is 14.6 Å². The third-order valence-electron chi connectivity index (χ3n) is 3.82. The molecule has 0 saturated carbocycles. The fourth-order valence-corrected chi connectivity index (χ4v) is 2.86. The van der Waals surface area contributed by atoms with Crippen molar-refractivity contribution in [3.8, 4) is 11.5 Å². The molecule has 0 aromatic heterocycles. The summed E-state index contributed by atoms with van der Waals surface area (Å²) in [6.07, 6.45) is 3.02. The maximum atomic E-state index is 9.53. The van der Waals surface area contributed by atoms with Gasteiger partial charge in [0.2, 0.25) is 0 Å². The molecule has 1 aliphatic heterocycles. The molecule has 2 unspecified atom stereocenters. The first-order chi connectivity index (χ1) is 9.70. The fourth-order valence-electron chi connectivity index (χ4n) is 2.86. The number of hydrogen-bond donors (Lipinski definition) is 1. The van der Waals surface area contributed by atoms with Crippen LogP contribution in [0.5, 0.6) is 11.5 Å². The zero-order chi connectivity index (χ0) is 14.4. The molecule has 20 heavy (non-hydrogen) atoms. The van der Waals surface area contributed by atoms with E-state index in [1.165, 1.54) is 12.8 Å². The Bertz CT molecular complexity index is 408. The van der Waals surface area contributed by atoms with E-state index in [0.717, 1.165) is 31.0 Å². The summed E-state index contributed by atoms with van der Waals surface area (Å²) in [5.41, 5.74) is 0. The first kappa shape index (κ1) is 15.1. The topological polar surface area (TPSA) is 41.9 Å². The lowest BCUT2D eigenvalue weighted by Crippen LogP contribution is -2.35. The minimum atomic E-state index is -0.226. The van der Waals surface area contributed by atoms with Crippen molar-refractivity contribution in [1.29, 1.82) is 0 Å². The van der Waals surface area contributed by atoms with Crippen molar-refractivity contribution in [3.05, 3.63) is 24.3 Å². The minimum absolute atomic E-state index is 0.226. The van der Waals surface area contributed by atoms with Gasteiger partial charge >= 0.3 is 0 Å². The smallest absolute Gasteiger partial charge is 0.161 e. The number of aliphatic hydroxyl groups is 1. The van der Waals surface area contributed by atoms with Crippen LogP contribution in [0.3, 0.4) is 0 Å². The highest BCUT2D eigenvalue weighted by Crippen LogP contribution is 2.26. The van der Waals surface area contributed by atoms with Gasteiger partial charge in [-0.25, -0.2) is 0 Å². The van der Waals surface area contributed by atoms with Gasteiger partial charge in [-0.2, -0.15) is 0 Å². The lowest BCUT2D eigenvalue weighted by atomic mass is 10.1. The van der Waals surface area contributed by atoms with Crippen LogP contribution in [0.2, 0.25) is 0 Å². The lowest BCUT2D eigenvalue weighted by molar-refractivity contribution is 0.123. The van der Waals surface area contributed by atoms with Gasteiger partial charge in [0, 0.05) is 12.6 Å². The molecule has 2 atom stereocenters. The monoisotopic (exact) mass is 279 g/mol. The predicted molar refractivity (Wildman–Crippen MR) is 79.4 cm³/mol. The largest absolute Gasteiger partial charge is 0.493 e. The fraction of sp³-hybridized carbons (Fsp3) is 0.625. The number of hydrogen-bond acceptors (Lipinski definition) is 4. The number of ether oxygens (including phenoxy) is 2. The van der Waals surface area contributed by atoms with Gasteiger partial charge in [0.05, 0.1) is 13.2 Å². The molecule has 1 N–H and O–H groups in total. The molecule has 0 amide bonds. The van der Waals surface area contributed by atoms with E-state index in [4.69, 9.17) is 9.47 Å². The molecule has 1 saturated heterocycles. The van der Waals surface area contributed by atoms with E-state index < -0.39 is 0 Å². The highest BCUT2D eigenvalue weighted by atomic mass is 16.5. The molecule has 2 rings (SSSR count). The number of para-hydroxylation sites is 2. The van der Waals surface area contributed by atoms with E-state index >= 15 is 0 Å². The Balaban J connectivity index is 1.80. The quantitative estimate of drug-likeness (QED) is 0.831. The second-order valence-electron chi connectivity index (χ2n) is 5.42. The van der Waals surface area contributed by atoms with Crippen molar-refractivity contribution < 1.29 is 14.6 Å². The van der Waals surface area contributed by atoms with E-state index in [9.17, 15) is 5.11 Å². The normalized spacial score (nSPS) is 20.9. The summed E-state index contributed by atoms with van der Waals surface area (Å²) in [7, 11) is 1.65. The molecule has 112 valence electrons. The maximum Gasteiger partial charge on any atom is 0.161 e. The van der Waals surface area contributed by atoms with Crippen molar-refractivity contribution >= 4 is 0 Å². The Morgan fingerprint density at radius 3 is 2.80 bits per heavy atom. The van der Waals surface area contributed by atoms with Crippen molar-refractivity contribution in [2.75, 3.05) is 26.8 Å². The number of methoxy groups -OCH3 is 1. The highest BCUT2D eigenvalue weighted by Gasteiger charge is 2.25. The maximum absolute atomic E-state index is 9.53. The molecule has 1 aromatic rings. The minimum Gasteiger partial charge on any atom is -0.493 e. The number of likely N-dealkylation sites (tertiary alicyclic amines) is 1. The second kappa shape index (κ2) is 7.50. The number of rotatable bonds is 7. The lowest BCUT2D eigenvalue weighted by Gasteiger charge is -2.25. The molecular formula is C16H25NO3. The third kappa shape index (κ3) is 4.12. The Morgan fingerprint density at radius 1 is 1.35 bits per heavy atom. The van der Waals surface area contributed by atoms with Crippen LogP contribution in [0.15, 0.2) is 24.3 Å². The van der Waals surface area contributed by atoms with Crippen LogP contribution in [0, 0.1) is 0 Å². The van der Waals surface area contributed by atoms with Gasteiger partial charge in [-0.1, -0.05) is 12.1 Å². The molecule has 4 heteroatoms. The molecule has 1 heterocycles. The van der Waals surface area contributed by atoms with E-state index in [2.05, 4.69) is 4.90 Å². The van der Waals surface area contributed by atoms with Crippen molar-refractivity contribution in [1.82, 2.24) is 4.90 Å². The Kier molecular flexibility index (Phi) is 5.68. The van der Waals surface area contributed by atoms with E-state index in [1.54, 1.807) is 7.11 Å². The van der Waals surface area contributed by atoms with E-state index in [0.29, 0.717) is 12.6 Å². The van der Waals surface area contributed by atoms with Gasteiger partial charge in [0.25, 0.3) is 0 Å². The van der Waals surface area contributed by atoms with Crippen LogP contribution in [0.1, 0.15) is 26.2 Å². The van der Waals surface area contributed by atoms with Gasteiger partial charge in [0.15, 0.2) is 11.5 Å². The summed E-state index contributed by atoms with van der Waals surface area (Å²) in [6, 6.07) is 8.21. The van der Waals surface area contributed by atoms with Crippen molar-refractivity contribution in [3.63, 3.8) is 0 Å². The first-order valence-electron chi connectivity index (χ1n) is 7.38. The van der Waals surface area contributed by atoms with Crippen LogP contribution in [-0.4, -0.2) is 49.0 Å². The van der Waals surface area contributed by atoms with Crippen molar-refractivity contribution in [2.45, 2.75) is 38.3 Å². The summed E-state index contributed by atoms with van der Waals surface area (Å²) in [5.74, 6) is 1.57. The number of nitrogens with zero attached hydrogens (tertiary/aromatic N) is 1. The van der Waals surface area contributed by atoms with Crippen LogP contribution in [0.25, 0.3) is 0 Å². The molecule has 0 bridgehead atoms. The molecular weight excluding hydrogens is 254 g/mol. The van der Waals surface area contributed by atoms with Crippen molar-refractivity contribution in [2.24, 2.45) is 0 Å². The first-order valence-corrected chi connectivity index (χ1v) is 7.38. The van der Waals surface area contributed by atoms with E-state index in [-0.39, 0.29) is 6.10 Å². The Hall–Kier alpha value is -1.26. The number of benzene rings is 1. The molecule has 1 aliphatic rings. The van der Waals surface area contributed by atoms with Crippen LogP contribution < -0.4 is 9.47 Å². The summed E-state index contributed by atoms with van der Waals surface area (Å²) in [5, 5.41) is 9.53. The van der Waals surface area contributed by atoms with Gasteiger partial charge in [0.1, 0.15) is 6.61 Å². The number of aliphatic hydroxyl groups excluding tert-OH is 1. The summed E-state index contributed by atoms with van der Waals surface area (Å²) in [4.78, 5) is 2.42. The van der Waals surface area contributed by atoms with Crippen LogP contribution >= 0.6 is 0 Å².